The average Bonchev–Trinajstić information content (AvgIpc) is 2.95. The van der Waals surface area contributed by atoms with E-state index in [1.165, 1.54) is 0 Å². The molecule has 104 valence electrons. The quantitative estimate of drug-likeness (QED) is 0.903. The maximum atomic E-state index is 12.8. The van der Waals surface area contributed by atoms with Crippen LogP contribution in [0.25, 0.3) is 0 Å². The van der Waals surface area contributed by atoms with Crippen LogP contribution in [0.2, 0.25) is 0 Å². The number of carbonyl (C=O) groups excluding carboxylic acids is 1. The number of amides is 1. The number of ether oxygens (including phenoxy) is 1. The fraction of sp³-hybridized carbons (Fsp3) is 0.533. The second kappa shape index (κ2) is 5.61. The third-order valence-electron chi connectivity index (χ3n) is 4.13. The first-order valence-electron chi connectivity index (χ1n) is 6.76. The summed E-state index contributed by atoms with van der Waals surface area (Å²) in [5.41, 5.74) is 0.560. The largest absolute Gasteiger partial charge is 0.495 e. The normalized spacial score (nSPS) is 22.3. The number of nitrogens with zero attached hydrogens (tertiary/aromatic N) is 1. The SMILES string of the molecule is CCC1(C(=O)N(C)c2ccccc2OC)CCNC1. The third-order valence-corrected chi connectivity index (χ3v) is 4.13. The first kappa shape index (κ1) is 13.9. The van der Waals surface area contributed by atoms with Gasteiger partial charge in [0, 0.05) is 13.6 Å². The fourth-order valence-corrected chi connectivity index (χ4v) is 2.75. The molecule has 1 aliphatic heterocycles. The van der Waals surface area contributed by atoms with Gasteiger partial charge < -0.3 is 15.0 Å². The lowest BCUT2D eigenvalue weighted by atomic mass is 9.82. The van der Waals surface area contributed by atoms with Crippen molar-refractivity contribution in [2.75, 3.05) is 32.1 Å². The van der Waals surface area contributed by atoms with E-state index in [4.69, 9.17) is 4.74 Å². The van der Waals surface area contributed by atoms with E-state index >= 15 is 0 Å². The van der Waals surface area contributed by atoms with Crippen molar-refractivity contribution in [2.45, 2.75) is 19.8 Å². The van der Waals surface area contributed by atoms with Gasteiger partial charge in [0.25, 0.3) is 0 Å². The Hall–Kier alpha value is -1.55. The zero-order valence-corrected chi connectivity index (χ0v) is 11.9. The molecule has 1 unspecified atom stereocenters. The zero-order chi connectivity index (χ0) is 13.9. The Bertz CT molecular complexity index is 453. The van der Waals surface area contributed by atoms with Crippen LogP contribution in [0.15, 0.2) is 24.3 Å². The van der Waals surface area contributed by atoms with Crippen LogP contribution in [0.1, 0.15) is 19.8 Å². The van der Waals surface area contributed by atoms with Crippen LogP contribution >= 0.6 is 0 Å². The van der Waals surface area contributed by atoms with Gasteiger partial charge in [-0.15, -0.1) is 0 Å². The summed E-state index contributed by atoms with van der Waals surface area (Å²) in [6.07, 6.45) is 1.76. The summed E-state index contributed by atoms with van der Waals surface area (Å²) in [6.45, 7) is 3.77. The molecule has 0 bridgehead atoms. The fourth-order valence-electron chi connectivity index (χ4n) is 2.75. The Kier molecular flexibility index (Phi) is 4.10. The number of rotatable bonds is 4. The summed E-state index contributed by atoms with van der Waals surface area (Å²) in [7, 11) is 3.46. The zero-order valence-electron chi connectivity index (χ0n) is 11.9. The summed E-state index contributed by atoms with van der Waals surface area (Å²) in [5.74, 6) is 0.903. The molecule has 0 aliphatic carbocycles. The van der Waals surface area contributed by atoms with Crippen molar-refractivity contribution in [3.05, 3.63) is 24.3 Å². The number of para-hydroxylation sites is 2. The molecule has 4 heteroatoms. The van der Waals surface area contributed by atoms with Crippen LogP contribution in [0, 0.1) is 5.41 Å². The van der Waals surface area contributed by atoms with Gasteiger partial charge in [0.1, 0.15) is 5.75 Å². The molecule has 1 aromatic carbocycles. The second-order valence-corrected chi connectivity index (χ2v) is 5.10. The average molecular weight is 262 g/mol. The van der Waals surface area contributed by atoms with Crippen LogP contribution in [0.3, 0.4) is 0 Å². The first-order valence-corrected chi connectivity index (χ1v) is 6.76. The van der Waals surface area contributed by atoms with Gasteiger partial charge in [-0.2, -0.15) is 0 Å². The number of nitrogens with one attached hydrogen (secondary N) is 1. The molecular formula is C15H22N2O2. The molecule has 4 nitrogen and oxygen atoms in total. The van der Waals surface area contributed by atoms with E-state index in [-0.39, 0.29) is 11.3 Å². The van der Waals surface area contributed by atoms with Gasteiger partial charge >= 0.3 is 0 Å². The molecule has 0 radical (unpaired) electrons. The van der Waals surface area contributed by atoms with E-state index in [1.807, 2.05) is 31.3 Å². The lowest BCUT2D eigenvalue weighted by molar-refractivity contribution is -0.127. The Balaban J connectivity index is 2.28. The van der Waals surface area contributed by atoms with Crippen LogP contribution in [-0.4, -0.2) is 33.2 Å². The molecule has 1 saturated heterocycles. The Morgan fingerprint density at radius 3 is 2.79 bits per heavy atom. The highest BCUT2D eigenvalue weighted by Crippen LogP contribution is 2.35. The minimum Gasteiger partial charge on any atom is -0.495 e. The number of anilines is 1. The molecule has 1 heterocycles. The summed E-state index contributed by atoms with van der Waals surface area (Å²) in [6, 6.07) is 7.63. The van der Waals surface area contributed by atoms with Crippen molar-refractivity contribution >= 4 is 11.6 Å². The van der Waals surface area contributed by atoms with Crippen molar-refractivity contribution in [1.82, 2.24) is 5.32 Å². The van der Waals surface area contributed by atoms with Crippen LogP contribution < -0.4 is 15.0 Å². The van der Waals surface area contributed by atoms with Crippen molar-refractivity contribution in [1.29, 1.82) is 0 Å². The van der Waals surface area contributed by atoms with Gasteiger partial charge in [-0.05, 0) is 31.5 Å². The smallest absolute Gasteiger partial charge is 0.234 e. The summed E-state index contributed by atoms with van der Waals surface area (Å²) in [4.78, 5) is 14.5. The predicted molar refractivity (Wildman–Crippen MR) is 76.6 cm³/mol. The number of methoxy groups -OCH3 is 1. The number of hydrogen-bond donors (Lipinski definition) is 1. The van der Waals surface area contributed by atoms with E-state index in [9.17, 15) is 4.79 Å². The molecule has 1 fully saturated rings. The number of hydrogen-bond acceptors (Lipinski definition) is 3. The third kappa shape index (κ3) is 2.45. The molecule has 1 aromatic rings. The molecule has 1 atom stereocenters. The van der Waals surface area contributed by atoms with Gasteiger partial charge in [-0.1, -0.05) is 19.1 Å². The van der Waals surface area contributed by atoms with Gasteiger partial charge in [0.05, 0.1) is 18.2 Å². The van der Waals surface area contributed by atoms with Gasteiger partial charge in [0.2, 0.25) is 5.91 Å². The highest BCUT2D eigenvalue weighted by molar-refractivity contribution is 5.98. The van der Waals surface area contributed by atoms with Gasteiger partial charge in [-0.25, -0.2) is 0 Å². The summed E-state index contributed by atoms with van der Waals surface area (Å²) < 4.78 is 5.34. The highest BCUT2D eigenvalue weighted by Gasteiger charge is 2.41. The van der Waals surface area contributed by atoms with E-state index in [1.54, 1.807) is 12.0 Å². The van der Waals surface area contributed by atoms with E-state index in [0.29, 0.717) is 0 Å². The number of carbonyl (C=O) groups is 1. The minimum atomic E-state index is -0.268. The highest BCUT2D eigenvalue weighted by atomic mass is 16.5. The lowest BCUT2D eigenvalue weighted by Crippen LogP contribution is -2.43. The molecule has 19 heavy (non-hydrogen) atoms. The molecular weight excluding hydrogens is 240 g/mol. The molecule has 0 aromatic heterocycles. The van der Waals surface area contributed by atoms with Crippen LogP contribution in [0.5, 0.6) is 5.75 Å². The van der Waals surface area contributed by atoms with Crippen molar-refractivity contribution in [3.63, 3.8) is 0 Å². The topological polar surface area (TPSA) is 41.6 Å². The van der Waals surface area contributed by atoms with Gasteiger partial charge in [0.15, 0.2) is 0 Å². The first-order chi connectivity index (χ1) is 9.14. The number of benzene rings is 1. The van der Waals surface area contributed by atoms with E-state index < -0.39 is 0 Å². The van der Waals surface area contributed by atoms with Crippen molar-refractivity contribution in [3.8, 4) is 5.75 Å². The lowest BCUT2D eigenvalue weighted by Gasteiger charge is -2.31. The molecule has 1 amide bonds. The Labute approximate surface area is 114 Å². The van der Waals surface area contributed by atoms with Crippen LogP contribution in [0.4, 0.5) is 5.69 Å². The second-order valence-electron chi connectivity index (χ2n) is 5.10. The Morgan fingerprint density at radius 1 is 1.47 bits per heavy atom. The van der Waals surface area contributed by atoms with E-state index in [0.717, 1.165) is 37.4 Å². The van der Waals surface area contributed by atoms with Gasteiger partial charge in [-0.3, -0.25) is 4.79 Å². The maximum Gasteiger partial charge on any atom is 0.234 e. The molecule has 0 spiro atoms. The minimum absolute atomic E-state index is 0.171. The summed E-state index contributed by atoms with van der Waals surface area (Å²) >= 11 is 0. The molecule has 0 saturated carbocycles. The maximum absolute atomic E-state index is 12.8. The predicted octanol–water partition coefficient (Wildman–Crippen LogP) is 2.05. The Morgan fingerprint density at radius 2 is 2.21 bits per heavy atom. The summed E-state index contributed by atoms with van der Waals surface area (Å²) in [5, 5.41) is 3.30. The van der Waals surface area contributed by atoms with Crippen LogP contribution in [-0.2, 0) is 4.79 Å². The van der Waals surface area contributed by atoms with Crippen molar-refractivity contribution in [2.24, 2.45) is 5.41 Å². The monoisotopic (exact) mass is 262 g/mol. The molecule has 1 N–H and O–H groups in total. The standard InChI is InChI=1S/C15H22N2O2/c1-4-15(9-10-16-11-15)14(18)17(2)12-7-5-6-8-13(12)19-3/h5-8,16H,4,9-11H2,1-3H3. The van der Waals surface area contributed by atoms with Crippen molar-refractivity contribution < 1.29 is 9.53 Å². The molecule has 2 rings (SSSR count). The van der Waals surface area contributed by atoms with E-state index in [2.05, 4.69) is 12.2 Å². The molecule has 1 aliphatic rings.